The molecule has 0 radical (unpaired) electrons. The van der Waals surface area contributed by atoms with Gasteiger partial charge in [-0.05, 0) is 62.0 Å². The summed E-state index contributed by atoms with van der Waals surface area (Å²) in [6.07, 6.45) is 0. The van der Waals surface area contributed by atoms with Crippen molar-refractivity contribution in [2.45, 2.75) is 12.3 Å². The van der Waals surface area contributed by atoms with E-state index in [4.69, 9.17) is 16.3 Å². The van der Waals surface area contributed by atoms with Crippen LogP contribution in [0, 0.1) is 6.92 Å². The molecule has 0 fully saturated rings. The van der Waals surface area contributed by atoms with E-state index in [1.54, 1.807) is 18.4 Å². The van der Waals surface area contributed by atoms with E-state index < -0.39 is 0 Å². The second kappa shape index (κ2) is 5.95. The van der Waals surface area contributed by atoms with Crippen molar-refractivity contribution in [2.24, 2.45) is 0 Å². The third-order valence-electron chi connectivity index (χ3n) is 2.67. The fraction of sp³-hybridized carbons (Fsp3) is 0.231. The van der Waals surface area contributed by atoms with Gasteiger partial charge in [-0.25, -0.2) is 0 Å². The van der Waals surface area contributed by atoms with Crippen LogP contribution in [0.1, 0.15) is 22.1 Å². The van der Waals surface area contributed by atoms with Crippen molar-refractivity contribution in [1.29, 1.82) is 0 Å². The number of rotatable bonds is 3. The predicted molar refractivity (Wildman–Crippen MR) is 85.1 cm³/mol. The molecule has 0 amide bonds. The average molecular weight is 411 g/mol. The van der Waals surface area contributed by atoms with Gasteiger partial charge in [0.05, 0.1) is 20.1 Å². The second-order valence-electron chi connectivity index (χ2n) is 3.87. The second-order valence-corrected chi connectivity index (χ2v) is 8.06. The largest absolute Gasteiger partial charge is 0.496 e. The first-order chi connectivity index (χ1) is 8.52. The normalized spacial score (nSPS) is 12.5. The van der Waals surface area contributed by atoms with Gasteiger partial charge in [-0.3, -0.25) is 0 Å². The first-order valence-electron chi connectivity index (χ1n) is 5.26. The molecule has 0 aliphatic heterocycles. The highest BCUT2D eigenvalue weighted by molar-refractivity contribution is 9.12. The highest BCUT2D eigenvalue weighted by Crippen LogP contribution is 2.41. The molecule has 0 N–H and O–H groups in total. The van der Waals surface area contributed by atoms with Crippen molar-refractivity contribution in [3.05, 3.63) is 48.5 Å². The Morgan fingerprint density at radius 3 is 2.50 bits per heavy atom. The Hall–Kier alpha value is -0.0300. The van der Waals surface area contributed by atoms with Gasteiger partial charge in [-0.1, -0.05) is 12.1 Å². The van der Waals surface area contributed by atoms with E-state index in [0.29, 0.717) is 0 Å². The first kappa shape index (κ1) is 14.4. The zero-order chi connectivity index (χ0) is 13.3. The van der Waals surface area contributed by atoms with Crippen LogP contribution in [-0.4, -0.2) is 7.11 Å². The number of alkyl halides is 1. The van der Waals surface area contributed by atoms with Crippen molar-refractivity contribution in [3.63, 3.8) is 0 Å². The molecule has 0 saturated carbocycles. The van der Waals surface area contributed by atoms with Crippen molar-refractivity contribution >= 4 is 54.8 Å². The van der Waals surface area contributed by atoms with Crippen LogP contribution < -0.4 is 4.74 Å². The number of halogens is 3. The Labute approximate surface area is 132 Å². The summed E-state index contributed by atoms with van der Waals surface area (Å²) in [5.41, 5.74) is 3.24. The third-order valence-corrected chi connectivity index (χ3v) is 5.54. The number of benzene rings is 1. The van der Waals surface area contributed by atoms with Crippen LogP contribution in [0.5, 0.6) is 5.75 Å². The van der Waals surface area contributed by atoms with Crippen LogP contribution in [0.2, 0.25) is 0 Å². The van der Waals surface area contributed by atoms with Gasteiger partial charge >= 0.3 is 0 Å². The maximum absolute atomic E-state index is 6.53. The molecule has 1 aromatic carbocycles. The average Bonchev–Trinajstić information content (AvgIpc) is 2.67. The van der Waals surface area contributed by atoms with E-state index in [9.17, 15) is 0 Å². The molecule has 0 bridgehead atoms. The quantitative estimate of drug-likeness (QED) is 0.571. The maximum Gasteiger partial charge on any atom is 0.121 e. The third kappa shape index (κ3) is 2.93. The summed E-state index contributed by atoms with van der Waals surface area (Å²) < 4.78 is 7.38. The molecule has 0 saturated heterocycles. The van der Waals surface area contributed by atoms with Crippen molar-refractivity contribution < 1.29 is 4.74 Å². The zero-order valence-electron chi connectivity index (χ0n) is 9.84. The number of hydrogen-bond acceptors (Lipinski definition) is 2. The summed E-state index contributed by atoms with van der Waals surface area (Å²) in [6.45, 7) is 2.02. The molecule has 1 heterocycles. The molecule has 1 aromatic heterocycles. The summed E-state index contributed by atoms with van der Waals surface area (Å²) in [4.78, 5) is 0. The van der Waals surface area contributed by atoms with Gasteiger partial charge in [-0.2, -0.15) is 0 Å². The van der Waals surface area contributed by atoms with E-state index in [1.807, 2.05) is 25.1 Å². The lowest BCUT2D eigenvalue weighted by Crippen LogP contribution is -1.94. The molecule has 5 heteroatoms. The van der Waals surface area contributed by atoms with Crippen LogP contribution in [0.25, 0.3) is 0 Å². The fourth-order valence-electron chi connectivity index (χ4n) is 1.76. The Morgan fingerprint density at radius 1 is 1.28 bits per heavy atom. The standard InChI is InChI=1S/C13H11Br2ClOS/c1-7-5-8(3-4-10(7)17-2)12(16)9-6-11(14)18-13(9)15/h3-6,12H,1-2H3. The number of ether oxygens (including phenoxy) is 1. The Morgan fingerprint density at radius 2 is 2.00 bits per heavy atom. The van der Waals surface area contributed by atoms with Gasteiger partial charge in [0.2, 0.25) is 0 Å². The van der Waals surface area contributed by atoms with Crippen LogP contribution in [0.15, 0.2) is 31.8 Å². The van der Waals surface area contributed by atoms with E-state index in [-0.39, 0.29) is 5.38 Å². The summed E-state index contributed by atoms with van der Waals surface area (Å²) >= 11 is 15.2. The van der Waals surface area contributed by atoms with E-state index in [1.165, 1.54) is 0 Å². The molecule has 0 spiro atoms. The minimum Gasteiger partial charge on any atom is -0.496 e. The van der Waals surface area contributed by atoms with E-state index >= 15 is 0 Å². The molecule has 2 aromatic rings. The summed E-state index contributed by atoms with van der Waals surface area (Å²) in [7, 11) is 1.67. The van der Waals surface area contributed by atoms with E-state index in [2.05, 4.69) is 37.9 Å². The maximum atomic E-state index is 6.53. The highest BCUT2D eigenvalue weighted by Gasteiger charge is 2.17. The van der Waals surface area contributed by atoms with Gasteiger partial charge in [0, 0.05) is 5.56 Å². The minimum atomic E-state index is -0.161. The van der Waals surface area contributed by atoms with Gasteiger partial charge in [-0.15, -0.1) is 22.9 Å². The monoisotopic (exact) mass is 408 g/mol. The molecular formula is C13H11Br2ClOS. The fourth-order valence-corrected chi connectivity index (χ4v) is 5.17. The molecule has 1 atom stereocenters. The number of thiophene rings is 1. The van der Waals surface area contributed by atoms with Gasteiger partial charge < -0.3 is 4.74 Å². The molecule has 96 valence electrons. The Balaban J connectivity index is 2.37. The lowest BCUT2D eigenvalue weighted by molar-refractivity contribution is 0.411. The van der Waals surface area contributed by atoms with Gasteiger partial charge in [0.15, 0.2) is 0 Å². The molecular weight excluding hydrogens is 399 g/mol. The molecule has 1 unspecified atom stereocenters. The zero-order valence-corrected chi connectivity index (χ0v) is 14.6. The van der Waals surface area contributed by atoms with Crippen LogP contribution in [0.4, 0.5) is 0 Å². The summed E-state index contributed by atoms with van der Waals surface area (Å²) in [5, 5.41) is -0.161. The van der Waals surface area contributed by atoms with E-state index in [0.717, 1.165) is 30.0 Å². The van der Waals surface area contributed by atoms with Gasteiger partial charge in [0.25, 0.3) is 0 Å². The molecule has 1 nitrogen and oxygen atoms in total. The Kier molecular flexibility index (Phi) is 4.75. The molecule has 2 rings (SSSR count). The predicted octanol–water partition coefficient (Wildman–Crippen LogP) is 5.92. The highest BCUT2D eigenvalue weighted by atomic mass is 79.9. The number of hydrogen-bond donors (Lipinski definition) is 0. The van der Waals surface area contributed by atoms with Crippen LogP contribution >= 0.6 is 54.8 Å². The van der Waals surface area contributed by atoms with Gasteiger partial charge in [0.1, 0.15) is 5.75 Å². The lowest BCUT2D eigenvalue weighted by Gasteiger charge is -2.12. The SMILES string of the molecule is COc1ccc(C(Cl)c2cc(Br)sc2Br)cc1C. The first-order valence-corrected chi connectivity index (χ1v) is 8.10. The summed E-state index contributed by atoms with van der Waals surface area (Å²) in [6, 6.07) is 8.07. The van der Waals surface area contributed by atoms with Crippen LogP contribution in [-0.2, 0) is 0 Å². The molecule has 18 heavy (non-hydrogen) atoms. The van der Waals surface area contributed by atoms with Crippen LogP contribution in [0.3, 0.4) is 0 Å². The topological polar surface area (TPSA) is 9.23 Å². The van der Waals surface area contributed by atoms with Crippen molar-refractivity contribution in [1.82, 2.24) is 0 Å². The number of aryl methyl sites for hydroxylation is 1. The molecule has 0 aliphatic rings. The minimum absolute atomic E-state index is 0.161. The molecule has 0 aliphatic carbocycles. The summed E-state index contributed by atoms with van der Waals surface area (Å²) in [5.74, 6) is 0.883. The number of methoxy groups -OCH3 is 1. The Bertz CT molecular complexity index is 568. The van der Waals surface area contributed by atoms with Crippen molar-refractivity contribution in [3.8, 4) is 5.75 Å². The van der Waals surface area contributed by atoms with Crippen molar-refractivity contribution in [2.75, 3.05) is 7.11 Å². The smallest absolute Gasteiger partial charge is 0.121 e. The lowest BCUT2D eigenvalue weighted by atomic mass is 10.0.